The first-order valence-corrected chi connectivity index (χ1v) is 15.9. The number of aliphatic hydroxyl groups excluding tert-OH is 2. The van der Waals surface area contributed by atoms with Gasteiger partial charge in [-0.1, -0.05) is 40.5 Å². The first kappa shape index (κ1) is 30.0. The maximum absolute atomic E-state index is 13.2. The molecule has 0 aromatic rings. The lowest BCUT2D eigenvalue weighted by Gasteiger charge is -2.76. The van der Waals surface area contributed by atoms with Crippen molar-refractivity contribution in [2.24, 2.45) is 51.2 Å². The van der Waals surface area contributed by atoms with Crippen molar-refractivity contribution in [1.82, 2.24) is 0 Å². The minimum atomic E-state index is -0.834. The SMILES string of the molecule is CC[C@@]1(C)CCC[C@]2(C)[C@H]3C[C@H](OC(C)=O)[C@]45C[C@@H](O)[C@H]4[C@H](C(C)=O)[C@@H](OC(=O)C[C@H](C)O)C[C@H]5[C@]3(C)CC[C@@H]12. The summed E-state index contributed by atoms with van der Waals surface area (Å²) in [6.07, 6.45) is 6.06. The molecule has 0 amide bonds. The Morgan fingerprint density at radius 2 is 1.62 bits per heavy atom. The molecule has 7 heteroatoms. The Morgan fingerprint density at radius 3 is 2.20 bits per heavy atom. The van der Waals surface area contributed by atoms with Crippen LogP contribution in [0.3, 0.4) is 0 Å². The molecule has 0 bridgehead atoms. The molecule has 226 valence electrons. The number of Topliss-reactive ketones (excluding diaryl/α,β-unsaturated/α-hetero) is 1. The van der Waals surface area contributed by atoms with Crippen molar-refractivity contribution in [3.05, 3.63) is 0 Å². The second kappa shape index (κ2) is 10.1. The van der Waals surface area contributed by atoms with Gasteiger partial charge in [0.05, 0.1) is 24.5 Å². The number of ether oxygens (including phenoxy) is 2. The number of carbonyl (C=O) groups is 3. The molecule has 13 atom stereocenters. The van der Waals surface area contributed by atoms with Crippen molar-refractivity contribution in [3.63, 3.8) is 0 Å². The molecule has 7 nitrogen and oxygen atoms in total. The van der Waals surface area contributed by atoms with Crippen LogP contribution in [0, 0.1) is 51.2 Å². The molecule has 0 aromatic carbocycles. The van der Waals surface area contributed by atoms with Crippen LogP contribution in [0.4, 0.5) is 0 Å². The normalized spacial score (nSPS) is 50.1. The predicted octanol–water partition coefficient (Wildman–Crippen LogP) is 5.24. The molecule has 40 heavy (non-hydrogen) atoms. The third-order valence-electron chi connectivity index (χ3n) is 13.3. The summed E-state index contributed by atoms with van der Waals surface area (Å²) in [5, 5.41) is 21.1. The van der Waals surface area contributed by atoms with E-state index in [4.69, 9.17) is 9.47 Å². The molecule has 0 saturated heterocycles. The molecule has 0 radical (unpaired) electrons. The Balaban J connectivity index is 1.61. The summed E-state index contributed by atoms with van der Waals surface area (Å²) < 4.78 is 12.2. The molecule has 0 unspecified atom stereocenters. The Kier molecular flexibility index (Phi) is 7.55. The van der Waals surface area contributed by atoms with Gasteiger partial charge in [-0.25, -0.2) is 0 Å². The van der Waals surface area contributed by atoms with Crippen molar-refractivity contribution < 1.29 is 34.1 Å². The summed E-state index contributed by atoms with van der Waals surface area (Å²) in [6.45, 7) is 14.2. The summed E-state index contributed by atoms with van der Waals surface area (Å²) in [5.41, 5.74) is -0.209. The lowest BCUT2D eigenvalue weighted by atomic mass is 9.29. The lowest BCUT2D eigenvalue weighted by Crippen LogP contribution is -2.76. The van der Waals surface area contributed by atoms with Gasteiger partial charge in [-0.3, -0.25) is 14.4 Å². The van der Waals surface area contributed by atoms with E-state index in [0.717, 1.165) is 32.1 Å². The number of fused-ring (bicyclic) bond motifs is 4. The number of esters is 2. The number of carbonyl (C=O) groups excluding carboxylic acids is 3. The zero-order chi connectivity index (χ0) is 29.4. The molecule has 2 N–H and O–H groups in total. The van der Waals surface area contributed by atoms with Crippen molar-refractivity contribution in [2.45, 2.75) is 137 Å². The molecular formula is C33H52O7. The summed E-state index contributed by atoms with van der Waals surface area (Å²) in [4.78, 5) is 38.6. The zero-order valence-corrected chi connectivity index (χ0v) is 25.7. The Morgan fingerprint density at radius 1 is 0.950 bits per heavy atom. The van der Waals surface area contributed by atoms with E-state index in [0.29, 0.717) is 30.1 Å². The Hall–Kier alpha value is -1.47. The number of aliphatic hydroxyl groups is 2. The van der Waals surface area contributed by atoms with E-state index in [1.807, 2.05) is 0 Å². The van der Waals surface area contributed by atoms with Gasteiger partial charge >= 0.3 is 11.9 Å². The fourth-order valence-corrected chi connectivity index (χ4v) is 11.8. The highest BCUT2D eigenvalue weighted by Gasteiger charge is 2.77. The molecule has 0 aromatic heterocycles. The van der Waals surface area contributed by atoms with Gasteiger partial charge in [0.25, 0.3) is 0 Å². The topological polar surface area (TPSA) is 110 Å². The molecule has 5 fully saturated rings. The minimum absolute atomic E-state index is 0.0454. The third-order valence-corrected chi connectivity index (χ3v) is 13.3. The van der Waals surface area contributed by atoms with Crippen molar-refractivity contribution in [2.75, 3.05) is 0 Å². The first-order chi connectivity index (χ1) is 18.6. The van der Waals surface area contributed by atoms with Crippen LogP contribution in [-0.4, -0.2) is 52.4 Å². The largest absolute Gasteiger partial charge is 0.462 e. The molecule has 5 aliphatic rings. The van der Waals surface area contributed by atoms with Gasteiger partial charge in [0.1, 0.15) is 18.0 Å². The van der Waals surface area contributed by atoms with Gasteiger partial charge in [-0.05, 0) is 92.8 Å². The van der Waals surface area contributed by atoms with E-state index in [1.165, 1.54) is 26.7 Å². The molecule has 5 saturated carbocycles. The minimum Gasteiger partial charge on any atom is -0.462 e. The van der Waals surface area contributed by atoms with Crippen LogP contribution in [-0.2, 0) is 23.9 Å². The summed E-state index contributed by atoms with van der Waals surface area (Å²) >= 11 is 0. The summed E-state index contributed by atoms with van der Waals surface area (Å²) in [6, 6.07) is 0. The number of ketones is 1. The van der Waals surface area contributed by atoms with Crippen LogP contribution in [0.25, 0.3) is 0 Å². The number of hydrogen-bond donors (Lipinski definition) is 2. The highest BCUT2D eigenvalue weighted by atomic mass is 16.6. The van der Waals surface area contributed by atoms with Crippen LogP contribution >= 0.6 is 0 Å². The third kappa shape index (κ3) is 4.22. The van der Waals surface area contributed by atoms with E-state index in [-0.39, 0.29) is 41.0 Å². The van der Waals surface area contributed by atoms with E-state index >= 15 is 0 Å². The van der Waals surface area contributed by atoms with Crippen LogP contribution in [0.15, 0.2) is 0 Å². The average molecular weight is 561 g/mol. The smallest absolute Gasteiger partial charge is 0.308 e. The van der Waals surface area contributed by atoms with E-state index in [9.17, 15) is 24.6 Å². The maximum Gasteiger partial charge on any atom is 0.308 e. The Labute approximate surface area is 240 Å². The summed E-state index contributed by atoms with van der Waals surface area (Å²) in [7, 11) is 0. The predicted molar refractivity (Wildman–Crippen MR) is 150 cm³/mol. The highest BCUT2D eigenvalue weighted by molar-refractivity contribution is 5.81. The Bertz CT molecular complexity index is 1040. The monoisotopic (exact) mass is 560 g/mol. The summed E-state index contributed by atoms with van der Waals surface area (Å²) in [5.74, 6) is -1.04. The van der Waals surface area contributed by atoms with Gasteiger partial charge in [-0.15, -0.1) is 0 Å². The standard InChI is InChI=1S/C33H52O7/c1-8-30(5)11-9-12-31(6)23(30)10-13-32(7)24(31)16-26(39-20(4)36)33-17-21(37)29(33)28(19(3)35)22(15-25(32)33)40-27(38)14-18(2)34/h18,21-26,28-29,34,37H,8-17H2,1-7H3/t18-,21+,22-,23-,24+,25-,26-,28+,29-,30-,31-,32+,33+/m0/s1. The maximum atomic E-state index is 13.2. The number of hydrogen-bond acceptors (Lipinski definition) is 7. The van der Waals surface area contributed by atoms with Crippen molar-refractivity contribution >= 4 is 17.7 Å². The van der Waals surface area contributed by atoms with Crippen LogP contribution < -0.4 is 0 Å². The van der Waals surface area contributed by atoms with Gasteiger partial charge in [0.15, 0.2) is 0 Å². The fourth-order valence-electron chi connectivity index (χ4n) is 11.8. The van der Waals surface area contributed by atoms with Crippen LogP contribution in [0.1, 0.15) is 113 Å². The molecule has 5 rings (SSSR count). The zero-order valence-electron chi connectivity index (χ0n) is 25.7. The van der Waals surface area contributed by atoms with E-state index < -0.39 is 41.5 Å². The fraction of sp³-hybridized carbons (Fsp3) is 0.909. The van der Waals surface area contributed by atoms with Crippen molar-refractivity contribution in [3.8, 4) is 0 Å². The van der Waals surface area contributed by atoms with Crippen molar-refractivity contribution in [1.29, 1.82) is 0 Å². The first-order valence-electron chi connectivity index (χ1n) is 15.9. The molecular weight excluding hydrogens is 508 g/mol. The van der Waals surface area contributed by atoms with E-state index in [1.54, 1.807) is 6.92 Å². The van der Waals surface area contributed by atoms with Gasteiger partial charge in [0.2, 0.25) is 0 Å². The molecule has 1 spiro atoms. The molecule has 0 aliphatic heterocycles. The highest BCUT2D eigenvalue weighted by Crippen LogP contribution is 2.77. The quantitative estimate of drug-likeness (QED) is 0.428. The average Bonchev–Trinajstić information content (AvgIpc) is 2.83. The second-order valence-electron chi connectivity index (χ2n) is 15.3. The molecule has 5 aliphatic carbocycles. The molecule has 0 heterocycles. The van der Waals surface area contributed by atoms with Gasteiger partial charge in [-0.2, -0.15) is 0 Å². The van der Waals surface area contributed by atoms with Gasteiger partial charge < -0.3 is 19.7 Å². The van der Waals surface area contributed by atoms with Crippen LogP contribution in [0.2, 0.25) is 0 Å². The van der Waals surface area contributed by atoms with Gasteiger partial charge in [0, 0.05) is 18.3 Å². The van der Waals surface area contributed by atoms with E-state index in [2.05, 4.69) is 27.7 Å². The number of rotatable bonds is 6. The lowest BCUT2D eigenvalue weighted by molar-refractivity contribution is -0.323. The van der Waals surface area contributed by atoms with Crippen LogP contribution in [0.5, 0.6) is 0 Å². The second-order valence-corrected chi connectivity index (χ2v) is 15.3.